The van der Waals surface area contributed by atoms with E-state index in [1.165, 1.54) is 88.3 Å². The maximum Gasteiger partial charge on any atom is 0.0468 e. The molecule has 1 aliphatic carbocycles. The average molecular weight is 933 g/mol. The molecule has 0 atom stereocenters. The van der Waals surface area contributed by atoms with Gasteiger partial charge >= 0.3 is 0 Å². The maximum atomic E-state index is 2.44. The molecule has 0 heterocycles. The van der Waals surface area contributed by atoms with Gasteiger partial charge in [-0.1, -0.05) is 220 Å². The zero-order valence-corrected chi connectivity index (χ0v) is 41.0. The average Bonchev–Trinajstić information content (AvgIpc) is 3.68. The van der Waals surface area contributed by atoms with Gasteiger partial charge in [0.15, 0.2) is 0 Å². The third kappa shape index (κ3) is 8.14. The summed E-state index contributed by atoms with van der Waals surface area (Å²) in [7, 11) is 0. The molecule has 0 bridgehead atoms. The van der Waals surface area contributed by atoms with Gasteiger partial charge in [-0.15, -0.1) is 0 Å². The Morgan fingerprint density at radius 3 is 0.836 bits per heavy atom. The summed E-state index contributed by atoms with van der Waals surface area (Å²) in [6.07, 6.45) is 0. The van der Waals surface area contributed by atoms with Gasteiger partial charge in [-0.3, -0.25) is 0 Å². The Labute approximate surface area is 428 Å². The van der Waals surface area contributed by atoms with Crippen molar-refractivity contribution in [3.8, 4) is 55.6 Å². The second-order valence-electron chi connectivity index (χ2n) is 19.8. The van der Waals surface area contributed by atoms with E-state index in [1.54, 1.807) is 0 Å². The fourth-order valence-electron chi connectivity index (χ4n) is 11.1. The molecule has 13 rings (SSSR count). The Balaban J connectivity index is 0.859. The van der Waals surface area contributed by atoms with Gasteiger partial charge in [-0.05, 0) is 161 Å². The van der Waals surface area contributed by atoms with Crippen molar-refractivity contribution in [1.29, 1.82) is 0 Å². The van der Waals surface area contributed by atoms with Gasteiger partial charge in [-0.25, -0.2) is 0 Å². The third-order valence-electron chi connectivity index (χ3n) is 15.0. The van der Waals surface area contributed by atoms with Gasteiger partial charge in [-0.2, -0.15) is 0 Å². The lowest BCUT2D eigenvalue weighted by Crippen LogP contribution is -2.17. The maximum absolute atomic E-state index is 2.44. The summed E-state index contributed by atoms with van der Waals surface area (Å²) >= 11 is 0. The highest BCUT2D eigenvalue weighted by Gasteiger charge is 2.37. The molecule has 12 aromatic rings. The molecule has 1 aliphatic rings. The Morgan fingerprint density at radius 2 is 0.479 bits per heavy atom. The minimum absolute atomic E-state index is 0.285. The lowest BCUT2D eigenvalue weighted by molar-refractivity contribution is 0.660. The molecular formula is C71H52N2. The molecule has 0 N–H and O–H groups in total. The molecule has 0 saturated heterocycles. The number of hydrogen-bond acceptors (Lipinski definition) is 2. The van der Waals surface area contributed by atoms with Crippen LogP contribution in [0, 0.1) is 0 Å². The predicted octanol–water partition coefficient (Wildman–Crippen LogP) is 19.9. The lowest BCUT2D eigenvalue weighted by atomic mass is 9.82. The van der Waals surface area contributed by atoms with Crippen LogP contribution in [0.2, 0.25) is 0 Å². The molecule has 12 aromatic carbocycles. The molecule has 2 heteroatoms. The molecule has 0 saturated carbocycles. The smallest absolute Gasteiger partial charge is 0.0468 e. The van der Waals surface area contributed by atoms with Gasteiger partial charge in [0.2, 0.25) is 0 Å². The van der Waals surface area contributed by atoms with Gasteiger partial charge in [0.1, 0.15) is 0 Å². The Hall–Kier alpha value is -9.24. The van der Waals surface area contributed by atoms with E-state index in [1.807, 2.05) is 0 Å². The highest BCUT2D eigenvalue weighted by atomic mass is 15.1. The second kappa shape index (κ2) is 18.2. The van der Waals surface area contributed by atoms with Crippen molar-refractivity contribution in [2.45, 2.75) is 19.3 Å². The summed E-state index contributed by atoms with van der Waals surface area (Å²) in [4.78, 5) is 4.84. The molecule has 0 spiro atoms. The molecule has 0 aliphatic heterocycles. The molecule has 73 heavy (non-hydrogen) atoms. The molecule has 0 unspecified atom stereocenters. The van der Waals surface area contributed by atoms with Crippen molar-refractivity contribution >= 4 is 55.7 Å². The fraction of sp³-hybridized carbons (Fsp3) is 0.0423. The predicted molar refractivity (Wildman–Crippen MR) is 310 cm³/mol. The van der Waals surface area contributed by atoms with Crippen LogP contribution in [0.3, 0.4) is 0 Å². The van der Waals surface area contributed by atoms with E-state index < -0.39 is 0 Å². The van der Waals surface area contributed by atoms with E-state index in [2.05, 4.69) is 303 Å². The van der Waals surface area contributed by atoms with Crippen LogP contribution in [0.1, 0.15) is 25.0 Å². The van der Waals surface area contributed by atoms with Crippen LogP contribution in [-0.4, -0.2) is 0 Å². The van der Waals surface area contributed by atoms with E-state index >= 15 is 0 Å². The summed E-state index contributed by atoms with van der Waals surface area (Å²) in [5.41, 5.74) is 21.3. The van der Waals surface area contributed by atoms with Gasteiger partial charge in [0.05, 0.1) is 0 Å². The first-order valence-electron chi connectivity index (χ1n) is 25.3. The Kier molecular flexibility index (Phi) is 10.9. The van der Waals surface area contributed by atoms with Crippen LogP contribution >= 0.6 is 0 Å². The van der Waals surface area contributed by atoms with E-state index in [-0.39, 0.29) is 5.41 Å². The first-order valence-corrected chi connectivity index (χ1v) is 25.3. The van der Waals surface area contributed by atoms with Crippen molar-refractivity contribution < 1.29 is 0 Å². The van der Waals surface area contributed by atoms with E-state index in [0.717, 1.165) is 34.1 Å². The third-order valence-corrected chi connectivity index (χ3v) is 15.0. The molecule has 0 aromatic heterocycles. The molecule has 0 radical (unpaired) electrons. The first-order chi connectivity index (χ1) is 35.9. The van der Waals surface area contributed by atoms with E-state index in [9.17, 15) is 0 Å². The van der Waals surface area contributed by atoms with Crippen molar-refractivity contribution in [2.75, 3.05) is 9.80 Å². The van der Waals surface area contributed by atoms with Crippen molar-refractivity contribution in [3.05, 3.63) is 290 Å². The number of nitrogens with zero attached hydrogens (tertiary/aromatic N) is 2. The van der Waals surface area contributed by atoms with E-state index in [4.69, 9.17) is 0 Å². The number of benzene rings is 12. The van der Waals surface area contributed by atoms with Crippen LogP contribution in [-0.2, 0) is 5.41 Å². The zero-order chi connectivity index (χ0) is 48.9. The summed E-state index contributed by atoms with van der Waals surface area (Å²) in [5.74, 6) is 0. The molecule has 0 amide bonds. The van der Waals surface area contributed by atoms with Crippen molar-refractivity contribution in [1.82, 2.24) is 0 Å². The van der Waals surface area contributed by atoms with Crippen LogP contribution in [0.25, 0.3) is 77.2 Å². The topological polar surface area (TPSA) is 6.48 Å². The number of hydrogen-bond donors (Lipinski definition) is 0. The highest BCUT2D eigenvalue weighted by molar-refractivity contribution is 5.94. The summed E-state index contributed by atoms with van der Waals surface area (Å²) in [6, 6.07) is 102. The van der Waals surface area contributed by atoms with Crippen molar-refractivity contribution in [2.24, 2.45) is 0 Å². The monoisotopic (exact) mass is 932 g/mol. The minimum atomic E-state index is -0.285. The fourth-order valence-corrected chi connectivity index (χ4v) is 11.1. The SMILES string of the molecule is CC1(C)c2cc(N(c3ccc(-c4ccc(-c5ccccc5)cc4)cc3)c3ccc4ccccc4c3)ccc2-c2ccc(N(c3ccc(-c4ccc(-c5ccccc5)cc4)cc3)c3ccc4ccccc4c3)cc21. The standard InChI is InChI=1S/C71H52N2/c1-71(2)69-47-65(72(63-39-33-51-17-9-11-19-59(51)45-63)61-35-29-57(30-36-61)55-25-21-53(22-26-55)49-13-5-3-6-14-49)41-43-67(69)68-44-42-66(48-70(68)71)73(64-40-34-52-18-10-12-20-60(52)46-64)62-37-31-58(32-38-62)56-27-23-54(24-28-56)50-15-7-4-8-16-50/h3-48H,1-2H3. The second-order valence-corrected chi connectivity index (χ2v) is 19.8. The molecule has 2 nitrogen and oxygen atoms in total. The summed E-state index contributed by atoms with van der Waals surface area (Å²) < 4.78 is 0. The van der Waals surface area contributed by atoms with Gasteiger partial charge in [0.25, 0.3) is 0 Å². The van der Waals surface area contributed by atoms with Gasteiger partial charge in [0, 0.05) is 39.5 Å². The van der Waals surface area contributed by atoms with Crippen LogP contribution < -0.4 is 9.80 Å². The Morgan fingerprint density at radius 1 is 0.219 bits per heavy atom. The largest absolute Gasteiger partial charge is 0.310 e. The highest BCUT2D eigenvalue weighted by Crippen LogP contribution is 2.53. The van der Waals surface area contributed by atoms with E-state index in [0.29, 0.717) is 0 Å². The molecular weight excluding hydrogens is 881 g/mol. The Bertz CT molecular complexity index is 3690. The van der Waals surface area contributed by atoms with Crippen LogP contribution in [0.5, 0.6) is 0 Å². The number of anilines is 6. The normalized spacial score (nSPS) is 12.4. The number of fused-ring (bicyclic) bond motifs is 5. The van der Waals surface area contributed by atoms with Crippen LogP contribution in [0.15, 0.2) is 279 Å². The van der Waals surface area contributed by atoms with Crippen LogP contribution in [0.4, 0.5) is 34.1 Å². The lowest BCUT2D eigenvalue weighted by Gasteiger charge is -2.29. The number of rotatable bonds is 10. The summed E-state index contributed by atoms with van der Waals surface area (Å²) in [6.45, 7) is 4.78. The first kappa shape index (κ1) is 43.8. The molecule has 346 valence electrons. The summed E-state index contributed by atoms with van der Waals surface area (Å²) in [5, 5.41) is 4.88. The van der Waals surface area contributed by atoms with Gasteiger partial charge < -0.3 is 9.80 Å². The quantitative estimate of drug-likeness (QED) is 0.135. The molecule has 0 fully saturated rings. The van der Waals surface area contributed by atoms with Crippen molar-refractivity contribution in [3.63, 3.8) is 0 Å². The zero-order valence-electron chi connectivity index (χ0n) is 41.0. The minimum Gasteiger partial charge on any atom is -0.310 e.